The molecule has 1 aromatic heterocycles. The Hall–Kier alpha value is -0.930. The zero-order chi connectivity index (χ0) is 13.9. The van der Waals surface area contributed by atoms with Crippen molar-refractivity contribution in [2.24, 2.45) is 5.92 Å². The normalized spacial score (nSPS) is 29.2. The van der Waals surface area contributed by atoms with Gasteiger partial charge in [-0.25, -0.2) is 0 Å². The van der Waals surface area contributed by atoms with Gasteiger partial charge in [-0.15, -0.1) is 0 Å². The lowest BCUT2D eigenvalue weighted by atomic mass is 9.73. The third kappa shape index (κ3) is 2.98. The van der Waals surface area contributed by atoms with E-state index in [-0.39, 0.29) is 0 Å². The predicted octanol–water partition coefficient (Wildman–Crippen LogP) is 3.41. The van der Waals surface area contributed by atoms with E-state index in [0.29, 0.717) is 12.5 Å². The highest BCUT2D eigenvalue weighted by atomic mass is 16.5. The van der Waals surface area contributed by atoms with Gasteiger partial charge in [0.1, 0.15) is 6.10 Å². The summed E-state index contributed by atoms with van der Waals surface area (Å²) in [5.41, 5.74) is 1.56. The molecule has 0 bridgehead atoms. The molecule has 0 aromatic carbocycles. The molecule has 1 heterocycles. The Morgan fingerprint density at radius 1 is 1.58 bits per heavy atom. The molecular weight excluding hydrogens is 238 g/mol. The van der Waals surface area contributed by atoms with Gasteiger partial charge in [0.05, 0.1) is 5.60 Å². The predicted molar refractivity (Wildman–Crippen MR) is 75.9 cm³/mol. The second kappa shape index (κ2) is 6.02. The smallest absolute Gasteiger partial charge is 0.110 e. The quantitative estimate of drug-likeness (QED) is 0.905. The highest BCUT2D eigenvalue weighted by molar-refractivity contribution is 5.26. The average Bonchev–Trinajstić information content (AvgIpc) is 2.39. The second-order valence-corrected chi connectivity index (χ2v) is 5.83. The van der Waals surface area contributed by atoms with E-state index in [9.17, 15) is 5.11 Å². The van der Waals surface area contributed by atoms with E-state index in [1.54, 1.807) is 12.4 Å². The van der Waals surface area contributed by atoms with Crippen LogP contribution in [0.5, 0.6) is 0 Å². The first kappa shape index (κ1) is 14.5. The Balaban J connectivity index is 2.30. The Labute approximate surface area is 116 Å². The summed E-state index contributed by atoms with van der Waals surface area (Å²) in [4.78, 5) is 4.16. The highest BCUT2D eigenvalue weighted by Crippen LogP contribution is 2.44. The molecule has 0 saturated heterocycles. The SMILES string of the molecule is CCOC1(C(O)c2cnccc2C)CCCC(C)C1. The van der Waals surface area contributed by atoms with Crippen LogP contribution in [0.3, 0.4) is 0 Å². The summed E-state index contributed by atoms with van der Waals surface area (Å²) in [7, 11) is 0. The van der Waals surface area contributed by atoms with Crippen LogP contribution in [0, 0.1) is 12.8 Å². The summed E-state index contributed by atoms with van der Waals surface area (Å²) in [6.45, 7) is 6.91. The number of pyridine rings is 1. The summed E-state index contributed by atoms with van der Waals surface area (Å²) in [6.07, 6.45) is 7.17. The first-order chi connectivity index (χ1) is 9.09. The number of ether oxygens (including phenoxy) is 1. The second-order valence-electron chi connectivity index (χ2n) is 5.83. The lowest BCUT2D eigenvalue weighted by Crippen LogP contribution is -2.43. The highest BCUT2D eigenvalue weighted by Gasteiger charge is 2.43. The van der Waals surface area contributed by atoms with Gasteiger partial charge in [0.2, 0.25) is 0 Å². The third-order valence-corrected chi connectivity index (χ3v) is 4.30. The fraction of sp³-hybridized carbons (Fsp3) is 0.688. The molecule has 1 aromatic rings. The van der Waals surface area contributed by atoms with Gasteiger partial charge in [0, 0.05) is 24.6 Å². The fourth-order valence-electron chi connectivity index (χ4n) is 3.34. The number of hydrogen-bond acceptors (Lipinski definition) is 3. The molecule has 1 N–H and O–H groups in total. The van der Waals surface area contributed by atoms with Crippen LogP contribution in [0.2, 0.25) is 0 Å². The van der Waals surface area contributed by atoms with Crippen LogP contribution in [-0.4, -0.2) is 22.3 Å². The van der Waals surface area contributed by atoms with Crippen LogP contribution >= 0.6 is 0 Å². The van der Waals surface area contributed by atoms with Gasteiger partial charge < -0.3 is 9.84 Å². The maximum atomic E-state index is 10.9. The maximum absolute atomic E-state index is 10.9. The number of nitrogens with zero attached hydrogens (tertiary/aromatic N) is 1. The number of hydrogen-bond donors (Lipinski definition) is 1. The molecule has 0 aliphatic heterocycles. The molecule has 0 amide bonds. The summed E-state index contributed by atoms with van der Waals surface area (Å²) in [6, 6.07) is 1.95. The van der Waals surface area contributed by atoms with Gasteiger partial charge in [-0.05, 0) is 44.2 Å². The van der Waals surface area contributed by atoms with Crippen LogP contribution < -0.4 is 0 Å². The van der Waals surface area contributed by atoms with Crippen LogP contribution in [0.1, 0.15) is 56.8 Å². The molecule has 2 rings (SSSR count). The van der Waals surface area contributed by atoms with Crippen LogP contribution in [0.25, 0.3) is 0 Å². The van der Waals surface area contributed by atoms with E-state index in [0.717, 1.165) is 30.4 Å². The molecule has 1 aliphatic rings. The Morgan fingerprint density at radius 2 is 2.37 bits per heavy atom. The molecule has 3 atom stereocenters. The summed E-state index contributed by atoms with van der Waals surface area (Å²) >= 11 is 0. The summed E-state index contributed by atoms with van der Waals surface area (Å²) in [5, 5.41) is 10.9. The van der Waals surface area contributed by atoms with E-state index < -0.39 is 11.7 Å². The number of aliphatic hydroxyl groups is 1. The minimum absolute atomic E-state index is 0.430. The zero-order valence-electron chi connectivity index (χ0n) is 12.2. The molecule has 1 saturated carbocycles. The van der Waals surface area contributed by atoms with Crippen molar-refractivity contribution in [3.63, 3.8) is 0 Å². The lowest BCUT2D eigenvalue weighted by Gasteiger charge is -2.43. The third-order valence-electron chi connectivity index (χ3n) is 4.30. The Kier molecular flexibility index (Phi) is 4.58. The largest absolute Gasteiger partial charge is 0.385 e. The molecule has 106 valence electrons. The molecule has 19 heavy (non-hydrogen) atoms. The monoisotopic (exact) mass is 263 g/mol. The number of aryl methyl sites for hydroxylation is 1. The molecule has 0 radical (unpaired) electrons. The van der Waals surface area contributed by atoms with Crippen LogP contribution in [-0.2, 0) is 4.74 Å². The van der Waals surface area contributed by atoms with Gasteiger partial charge in [0.25, 0.3) is 0 Å². The average molecular weight is 263 g/mol. The molecule has 3 unspecified atom stereocenters. The first-order valence-corrected chi connectivity index (χ1v) is 7.31. The number of aromatic nitrogens is 1. The van der Waals surface area contributed by atoms with Gasteiger partial charge in [0.15, 0.2) is 0 Å². The van der Waals surface area contributed by atoms with E-state index in [4.69, 9.17) is 4.74 Å². The molecule has 1 aliphatic carbocycles. The zero-order valence-corrected chi connectivity index (χ0v) is 12.2. The van der Waals surface area contributed by atoms with Gasteiger partial charge >= 0.3 is 0 Å². The lowest BCUT2D eigenvalue weighted by molar-refractivity contribution is -0.150. The molecule has 1 fully saturated rings. The van der Waals surface area contributed by atoms with Crippen molar-refractivity contribution in [2.45, 2.75) is 58.2 Å². The van der Waals surface area contributed by atoms with Crippen molar-refractivity contribution in [1.29, 1.82) is 0 Å². The van der Waals surface area contributed by atoms with Crippen molar-refractivity contribution in [3.05, 3.63) is 29.6 Å². The molecule has 3 heteroatoms. The van der Waals surface area contributed by atoms with E-state index in [2.05, 4.69) is 11.9 Å². The van der Waals surface area contributed by atoms with Crippen molar-refractivity contribution in [1.82, 2.24) is 4.98 Å². The van der Waals surface area contributed by atoms with Crippen molar-refractivity contribution in [3.8, 4) is 0 Å². The Morgan fingerprint density at radius 3 is 3.00 bits per heavy atom. The van der Waals surface area contributed by atoms with Crippen LogP contribution in [0.4, 0.5) is 0 Å². The van der Waals surface area contributed by atoms with Crippen LogP contribution in [0.15, 0.2) is 18.5 Å². The van der Waals surface area contributed by atoms with Gasteiger partial charge in [-0.3, -0.25) is 4.98 Å². The van der Waals surface area contributed by atoms with Gasteiger partial charge in [-0.2, -0.15) is 0 Å². The standard InChI is InChI=1S/C16H25NO2/c1-4-19-16(8-5-6-12(2)10-16)15(18)14-11-17-9-7-13(14)3/h7,9,11-12,15,18H,4-6,8,10H2,1-3H3. The summed E-state index contributed by atoms with van der Waals surface area (Å²) in [5.74, 6) is 0.604. The van der Waals surface area contributed by atoms with Crippen molar-refractivity contribution >= 4 is 0 Å². The topological polar surface area (TPSA) is 42.4 Å². The van der Waals surface area contributed by atoms with Crippen molar-refractivity contribution in [2.75, 3.05) is 6.61 Å². The number of rotatable bonds is 4. The maximum Gasteiger partial charge on any atom is 0.110 e. The Bertz CT molecular complexity index is 417. The minimum atomic E-state index is -0.580. The minimum Gasteiger partial charge on any atom is -0.385 e. The van der Waals surface area contributed by atoms with Crippen molar-refractivity contribution < 1.29 is 9.84 Å². The van der Waals surface area contributed by atoms with Gasteiger partial charge in [-0.1, -0.05) is 19.8 Å². The molecule has 0 spiro atoms. The van der Waals surface area contributed by atoms with E-state index in [1.807, 2.05) is 19.9 Å². The molecular formula is C16H25NO2. The number of aliphatic hydroxyl groups excluding tert-OH is 1. The van der Waals surface area contributed by atoms with E-state index in [1.165, 1.54) is 6.42 Å². The molecule has 3 nitrogen and oxygen atoms in total. The fourth-order valence-corrected chi connectivity index (χ4v) is 3.34. The summed E-state index contributed by atoms with van der Waals surface area (Å²) < 4.78 is 6.03. The first-order valence-electron chi connectivity index (χ1n) is 7.31. The van der Waals surface area contributed by atoms with E-state index >= 15 is 0 Å².